The van der Waals surface area contributed by atoms with Crippen molar-refractivity contribution < 1.29 is 19.0 Å². The normalized spacial score (nSPS) is 10.3. The second-order valence-electron chi connectivity index (χ2n) is 5.75. The number of methoxy groups -OCH3 is 2. The molecule has 2 aromatic carbocycles. The first kappa shape index (κ1) is 18.4. The molecule has 3 aromatic rings. The van der Waals surface area contributed by atoms with Crippen LogP contribution in [0.3, 0.4) is 0 Å². The van der Waals surface area contributed by atoms with Crippen molar-refractivity contribution in [2.75, 3.05) is 14.2 Å². The largest absolute Gasteiger partial charge is 0.473 e. The van der Waals surface area contributed by atoms with E-state index in [0.717, 1.165) is 16.7 Å². The quantitative estimate of drug-likeness (QED) is 0.598. The molecule has 0 atom stereocenters. The van der Waals surface area contributed by atoms with Gasteiger partial charge in [-0.25, -0.2) is 0 Å². The van der Waals surface area contributed by atoms with Gasteiger partial charge in [-0.1, -0.05) is 54.6 Å². The Bertz CT molecular complexity index is 913. The maximum Gasteiger partial charge on any atom is 0.320 e. The molecule has 0 amide bonds. The molecule has 138 valence electrons. The van der Waals surface area contributed by atoms with Crippen LogP contribution in [0, 0.1) is 0 Å². The summed E-state index contributed by atoms with van der Waals surface area (Å²) in [6.07, 6.45) is 0.193. The lowest BCUT2D eigenvalue weighted by Gasteiger charge is -2.11. The van der Waals surface area contributed by atoms with Crippen LogP contribution in [0.2, 0.25) is 0 Å². The molecule has 0 bridgehead atoms. The number of rotatable bonds is 7. The third kappa shape index (κ3) is 4.82. The number of carbonyl (C=O) groups excluding carboxylic acids is 1. The van der Waals surface area contributed by atoms with Crippen LogP contribution in [0.4, 0.5) is 0 Å². The highest BCUT2D eigenvalue weighted by atomic mass is 16.5. The summed E-state index contributed by atoms with van der Waals surface area (Å²) in [6.45, 7) is 0.265. The average Bonchev–Trinajstić information content (AvgIpc) is 2.73. The van der Waals surface area contributed by atoms with Gasteiger partial charge in [0.25, 0.3) is 0 Å². The van der Waals surface area contributed by atoms with E-state index in [1.807, 2.05) is 54.6 Å². The summed E-state index contributed by atoms with van der Waals surface area (Å²) in [4.78, 5) is 20.2. The van der Waals surface area contributed by atoms with E-state index in [1.54, 1.807) is 6.07 Å². The Kier molecular flexibility index (Phi) is 5.99. The van der Waals surface area contributed by atoms with Gasteiger partial charge in [0.15, 0.2) is 0 Å². The fourth-order valence-electron chi connectivity index (χ4n) is 2.58. The maximum atomic E-state index is 11.6. The topological polar surface area (TPSA) is 70.5 Å². The zero-order valence-electron chi connectivity index (χ0n) is 15.2. The van der Waals surface area contributed by atoms with Gasteiger partial charge in [-0.3, -0.25) is 4.79 Å². The first-order valence-electron chi connectivity index (χ1n) is 8.44. The van der Waals surface area contributed by atoms with Gasteiger partial charge >= 0.3 is 12.0 Å². The van der Waals surface area contributed by atoms with E-state index < -0.39 is 0 Å². The Morgan fingerprint density at radius 2 is 1.63 bits per heavy atom. The second-order valence-corrected chi connectivity index (χ2v) is 5.75. The summed E-state index contributed by atoms with van der Waals surface area (Å²) in [5.74, 6) is 0.103. The summed E-state index contributed by atoms with van der Waals surface area (Å²) in [6, 6.07) is 19.3. The van der Waals surface area contributed by atoms with Gasteiger partial charge in [-0.15, -0.1) is 0 Å². The van der Waals surface area contributed by atoms with Crippen LogP contribution in [0.1, 0.15) is 11.1 Å². The van der Waals surface area contributed by atoms with Crippen molar-refractivity contribution in [1.82, 2.24) is 9.97 Å². The van der Waals surface area contributed by atoms with Crippen molar-refractivity contribution in [2.24, 2.45) is 0 Å². The molecule has 0 N–H and O–H groups in total. The summed E-state index contributed by atoms with van der Waals surface area (Å²) in [5.41, 5.74) is 3.39. The van der Waals surface area contributed by atoms with Gasteiger partial charge in [-0.05, 0) is 11.1 Å². The van der Waals surface area contributed by atoms with Crippen LogP contribution >= 0.6 is 0 Å². The first-order valence-corrected chi connectivity index (χ1v) is 8.44. The molecule has 0 saturated carbocycles. The van der Waals surface area contributed by atoms with Crippen LogP contribution in [-0.2, 0) is 22.6 Å². The van der Waals surface area contributed by atoms with Gasteiger partial charge in [0, 0.05) is 11.6 Å². The lowest BCUT2D eigenvalue weighted by Crippen LogP contribution is -2.08. The number of hydrogen-bond donors (Lipinski definition) is 0. The Labute approximate surface area is 157 Å². The number of nitrogens with zero attached hydrogens (tertiary/aromatic N) is 2. The number of hydrogen-bond acceptors (Lipinski definition) is 6. The van der Waals surface area contributed by atoms with E-state index >= 15 is 0 Å². The van der Waals surface area contributed by atoms with Crippen LogP contribution in [0.5, 0.6) is 11.9 Å². The average molecular weight is 364 g/mol. The monoisotopic (exact) mass is 364 g/mol. The molecule has 3 rings (SSSR count). The summed E-state index contributed by atoms with van der Waals surface area (Å²) < 4.78 is 15.8. The van der Waals surface area contributed by atoms with E-state index in [4.69, 9.17) is 14.2 Å². The van der Waals surface area contributed by atoms with Crippen molar-refractivity contribution in [3.63, 3.8) is 0 Å². The Morgan fingerprint density at radius 3 is 2.33 bits per heavy atom. The smallest absolute Gasteiger partial charge is 0.320 e. The van der Waals surface area contributed by atoms with E-state index in [-0.39, 0.29) is 25.0 Å². The minimum Gasteiger partial charge on any atom is -0.473 e. The number of esters is 1. The molecule has 0 aliphatic heterocycles. The van der Waals surface area contributed by atoms with Crippen molar-refractivity contribution >= 4 is 5.97 Å². The Morgan fingerprint density at radius 1 is 0.926 bits per heavy atom. The molecule has 1 heterocycles. The molecule has 0 aliphatic rings. The Balaban J connectivity index is 1.81. The lowest BCUT2D eigenvalue weighted by molar-refractivity contribution is -0.139. The van der Waals surface area contributed by atoms with Gasteiger partial charge in [-0.2, -0.15) is 9.97 Å². The first-order chi connectivity index (χ1) is 13.2. The van der Waals surface area contributed by atoms with Crippen molar-refractivity contribution in [3.05, 3.63) is 71.8 Å². The molecule has 27 heavy (non-hydrogen) atoms. The second kappa shape index (κ2) is 8.80. The fraction of sp³-hybridized carbons (Fsp3) is 0.190. The number of ether oxygens (including phenoxy) is 3. The predicted molar refractivity (Wildman–Crippen MR) is 101 cm³/mol. The van der Waals surface area contributed by atoms with Crippen molar-refractivity contribution in [3.8, 4) is 23.1 Å². The SMILES string of the molecule is COC(=O)Cc1ccccc1COc1cc(-c2ccccc2)nc(OC)n1. The number of aromatic nitrogens is 2. The lowest BCUT2D eigenvalue weighted by atomic mass is 10.1. The zero-order chi connectivity index (χ0) is 19.1. The molecular weight excluding hydrogens is 344 g/mol. The predicted octanol–water partition coefficient (Wildman–Crippen LogP) is 3.45. The maximum absolute atomic E-state index is 11.6. The molecule has 0 unspecified atom stereocenters. The van der Waals surface area contributed by atoms with Gasteiger partial charge in [0.2, 0.25) is 5.88 Å². The number of carbonyl (C=O) groups is 1. The van der Waals surface area contributed by atoms with Crippen LogP contribution in [-0.4, -0.2) is 30.2 Å². The molecule has 0 saturated heterocycles. The van der Waals surface area contributed by atoms with Gasteiger partial charge in [0.1, 0.15) is 6.61 Å². The van der Waals surface area contributed by atoms with E-state index in [0.29, 0.717) is 11.6 Å². The molecule has 0 radical (unpaired) electrons. The third-order valence-corrected chi connectivity index (χ3v) is 3.99. The molecule has 6 nitrogen and oxygen atoms in total. The molecule has 0 spiro atoms. The van der Waals surface area contributed by atoms with Gasteiger partial charge in [0.05, 0.1) is 26.3 Å². The summed E-state index contributed by atoms with van der Waals surface area (Å²) in [5, 5.41) is 0. The molecule has 0 aliphatic carbocycles. The fourth-order valence-corrected chi connectivity index (χ4v) is 2.58. The molecular formula is C21H20N2O4. The molecule has 0 fully saturated rings. The summed E-state index contributed by atoms with van der Waals surface area (Å²) in [7, 11) is 2.89. The standard InChI is InChI=1S/C21H20N2O4/c1-25-20(24)12-16-10-6-7-11-17(16)14-27-19-13-18(22-21(23-19)26-2)15-8-4-3-5-9-15/h3-11,13H,12,14H2,1-2H3. The van der Waals surface area contributed by atoms with E-state index in [9.17, 15) is 4.79 Å². The molecule has 6 heteroatoms. The zero-order valence-corrected chi connectivity index (χ0v) is 15.2. The minimum atomic E-state index is -0.294. The van der Waals surface area contributed by atoms with E-state index in [1.165, 1.54) is 14.2 Å². The van der Waals surface area contributed by atoms with Crippen molar-refractivity contribution in [2.45, 2.75) is 13.0 Å². The molecule has 1 aromatic heterocycles. The highest BCUT2D eigenvalue weighted by Gasteiger charge is 2.11. The van der Waals surface area contributed by atoms with Gasteiger partial charge < -0.3 is 14.2 Å². The van der Waals surface area contributed by atoms with E-state index in [2.05, 4.69) is 9.97 Å². The van der Waals surface area contributed by atoms with Crippen LogP contribution in [0.25, 0.3) is 11.3 Å². The van der Waals surface area contributed by atoms with Crippen LogP contribution < -0.4 is 9.47 Å². The third-order valence-electron chi connectivity index (χ3n) is 3.99. The van der Waals surface area contributed by atoms with Crippen molar-refractivity contribution in [1.29, 1.82) is 0 Å². The highest BCUT2D eigenvalue weighted by Crippen LogP contribution is 2.24. The minimum absolute atomic E-state index is 0.193. The Hall–Kier alpha value is -3.41. The summed E-state index contributed by atoms with van der Waals surface area (Å²) >= 11 is 0. The number of benzene rings is 2. The highest BCUT2D eigenvalue weighted by molar-refractivity contribution is 5.72. The van der Waals surface area contributed by atoms with Crippen LogP contribution in [0.15, 0.2) is 60.7 Å².